The molecule has 1 unspecified atom stereocenters. The van der Waals surface area contributed by atoms with Crippen LogP contribution in [0.3, 0.4) is 0 Å². The van der Waals surface area contributed by atoms with Crippen LogP contribution in [0.25, 0.3) is 0 Å². The highest BCUT2D eigenvalue weighted by Gasteiger charge is 2.16. The maximum atomic E-state index is 11.6. The Hall–Kier alpha value is -1.27. The second-order valence-electron chi connectivity index (χ2n) is 4.33. The molecule has 1 amide bonds. The zero-order valence-corrected chi connectivity index (χ0v) is 12.5. The Morgan fingerprint density at radius 2 is 1.74 bits per heavy atom. The van der Waals surface area contributed by atoms with E-state index in [0.717, 1.165) is 0 Å². The molecule has 0 fully saturated rings. The summed E-state index contributed by atoms with van der Waals surface area (Å²) in [5.74, 6) is 0.166. The molecule has 0 aliphatic carbocycles. The fraction of sp³-hybridized carbons (Fsp3) is 0.417. The van der Waals surface area contributed by atoms with E-state index in [1.807, 2.05) is 13.8 Å². The monoisotopic (exact) mass is 305 g/mol. The second kappa shape index (κ2) is 6.25. The van der Waals surface area contributed by atoms with Crippen molar-refractivity contribution >= 4 is 25.6 Å². The summed E-state index contributed by atoms with van der Waals surface area (Å²) in [6.07, 6.45) is -0.666. The first-order chi connectivity index (χ1) is 8.70. The van der Waals surface area contributed by atoms with E-state index in [2.05, 4.69) is 5.32 Å². The quantitative estimate of drug-likeness (QED) is 0.843. The highest BCUT2D eigenvalue weighted by Crippen LogP contribution is 2.19. The Bertz CT molecular complexity index is 539. The molecule has 0 aromatic heterocycles. The standard InChI is InChI=1S/C12H16ClNO4S/c1-8(2)14-12(15)9(3)18-10-4-6-11(7-5-10)19(13,16)17/h4-9H,1-3H3,(H,14,15). The van der Waals surface area contributed by atoms with Crippen LogP contribution in [0.15, 0.2) is 29.2 Å². The molecule has 0 radical (unpaired) electrons. The van der Waals surface area contributed by atoms with Crippen LogP contribution in [-0.4, -0.2) is 26.5 Å². The van der Waals surface area contributed by atoms with E-state index in [4.69, 9.17) is 15.4 Å². The lowest BCUT2D eigenvalue weighted by molar-refractivity contribution is -0.127. The fourth-order valence-corrected chi connectivity index (χ4v) is 2.11. The summed E-state index contributed by atoms with van der Waals surface area (Å²) in [5.41, 5.74) is 0. The molecular formula is C12H16ClNO4S. The Labute approximate surface area is 117 Å². The predicted molar refractivity (Wildman–Crippen MR) is 72.8 cm³/mol. The third-order valence-electron chi connectivity index (χ3n) is 2.22. The van der Waals surface area contributed by atoms with Crippen molar-refractivity contribution in [2.45, 2.75) is 37.8 Å². The van der Waals surface area contributed by atoms with E-state index in [1.54, 1.807) is 6.92 Å². The summed E-state index contributed by atoms with van der Waals surface area (Å²) in [5, 5.41) is 2.72. The molecule has 1 rings (SSSR count). The molecular weight excluding hydrogens is 290 g/mol. The van der Waals surface area contributed by atoms with Gasteiger partial charge in [0.2, 0.25) is 0 Å². The van der Waals surface area contributed by atoms with Gasteiger partial charge in [0.1, 0.15) is 5.75 Å². The Morgan fingerprint density at radius 3 is 2.16 bits per heavy atom. The van der Waals surface area contributed by atoms with Gasteiger partial charge in [0, 0.05) is 16.7 Å². The molecule has 19 heavy (non-hydrogen) atoms. The third kappa shape index (κ3) is 5.08. The average Bonchev–Trinajstić information content (AvgIpc) is 2.27. The van der Waals surface area contributed by atoms with E-state index in [1.165, 1.54) is 24.3 Å². The van der Waals surface area contributed by atoms with Gasteiger partial charge >= 0.3 is 0 Å². The molecule has 1 N–H and O–H groups in total. The Kier molecular flexibility index (Phi) is 5.20. The van der Waals surface area contributed by atoms with Gasteiger partial charge in [-0.15, -0.1) is 0 Å². The van der Waals surface area contributed by atoms with E-state index in [9.17, 15) is 13.2 Å². The summed E-state index contributed by atoms with van der Waals surface area (Å²) in [6, 6.07) is 5.58. The van der Waals surface area contributed by atoms with Gasteiger partial charge in [0.05, 0.1) is 4.90 Å². The number of amides is 1. The number of hydrogen-bond donors (Lipinski definition) is 1. The summed E-state index contributed by atoms with van der Waals surface area (Å²) >= 11 is 0. The van der Waals surface area contributed by atoms with Gasteiger partial charge in [-0.3, -0.25) is 4.79 Å². The smallest absolute Gasteiger partial charge is 0.261 e. The first kappa shape index (κ1) is 15.8. The maximum absolute atomic E-state index is 11.6. The van der Waals surface area contributed by atoms with Crippen LogP contribution in [0, 0.1) is 0 Å². The van der Waals surface area contributed by atoms with E-state index in [0.29, 0.717) is 5.75 Å². The highest BCUT2D eigenvalue weighted by atomic mass is 35.7. The van der Waals surface area contributed by atoms with Gasteiger partial charge in [-0.2, -0.15) is 0 Å². The molecule has 0 aliphatic heterocycles. The van der Waals surface area contributed by atoms with Crippen LogP contribution < -0.4 is 10.1 Å². The summed E-state index contributed by atoms with van der Waals surface area (Å²) in [6.45, 7) is 5.32. The van der Waals surface area contributed by atoms with Crippen LogP contribution in [0.1, 0.15) is 20.8 Å². The molecule has 0 bridgehead atoms. The molecule has 0 saturated heterocycles. The first-order valence-electron chi connectivity index (χ1n) is 5.72. The van der Waals surface area contributed by atoms with E-state index in [-0.39, 0.29) is 16.8 Å². The molecule has 0 heterocycles. The van der Waals surface area contributed by atoms with Crippen LogP contribution >= 0.6 is 10.7 Å². The van der Waals surface area contributed by atoms with Gasteiger partial charge in [-0.25, -0.2) is 8.42 Å². The molecule has 7 heteroatoms. The number of benzene rings is 1. The van der Waals surface area contributed by atoms with Crippen LogP contribution in [0.2, 0.25) is 0 Å². The van der Waals surface area contributed by atoms with Crippen LogP contribution in [-0.2, 0) is 13.8 Å². The summed E-state index contributed by atoms with van der Waals surface area (Å²) in [7, 11) is 1.45. The number of rotatable bonds is 5. The minimum atomic E-state index is -3.74. The number of carbonyl (C=O) groups excluding carboxylic acids is 1. The van der Waals surface area contributed by atoms with Crippen LogP contribution in [0.4, 0.5) is 0 Å². The molecule has 0 spiro atoms. The van der Waals surface area contributed by atoms with Gasteiger partial charge in [0.15, 0.2) is 6.10 Å². The molecule has 1 atom stereocenters. The number of nitrogens with one attached hydrogen (secondary N) is 1. The molecule has 1 aromatic rings. The lowest BCUT2D eigenvalue weighted by atomic mass is 10.3. The largest absolute Gasteiger partial charge is 0.481 e. The summed E-state index contributed by atoms with van der Waals surface area (Å²) in [4.78, 5) is 11.6. The Balaban J connectivity index is 2.71. The van der Waals surface area contributed by atoms with Crippen molar-refractivity contribution in [3.8, 4) is 5.75 Å². The lowest BCUT2D eigenvalue weighted by Crippen LogP contribution is -2.40. The van der Waals surface area contributed by atoms with Crippen molar-refractivity contribution in [1.29, 1.82) is 0 Å². The second-order valence-corrected chi connectivity index (χ2v) is 6.90. The van der Waals surface area contributed by atoms with Crippen LogP contribution in [0.5, 0.6) is 5.75 Å². The zero-order chi connectivity index (χ0) is 14.6. The summed E-state index contributed by atoms with van der Waals surface area (Å²) < 4.78 is 27.5. The minimum absolute atomic E-state index is 0.0131. The fourth-order valence-electron chi connectivity index (χ4n) is 1.34. The van der Waals surface area contributed by atoms with Crippen molar-refractivity contribution in [3.63, 3.8) is 0 Å². The number of halogens is 1. The van der Waals surface area contributed by atoms with E-state index < -0.39 is 15.2 Å². The first-order valence-corrected chi connectivity index (χ1v) is 8.03. The number of carbonyl (C=O) groups is 1. The van der Waals surface area contributed by atoms with Crippen molar-refractivity contribution in [2.24, 2.45) is 0 Å². The van der Waals surface area contributed by atoms with Gasteiger partial charge in [0.25, 0.3) is 15.0 Å². The SMILES string of the molecule is CC(C)NC(=O)C(C)Oc1ccc(S(=O)(=O)Cl)cc1. The van der Waals surface area contributed by atoms with Gasteiger partial charge in [-0.05, 0) is 45.0 Å². The van der Waals surface area contributed by atoms with Gasteiger partial charge in [-0.1, -0.05) is 0 Å². The predicted octanol–water partition coefficient (Wildman–Crippen LogP) is 1.91. The van der Waals surface area contributed by atoms with Gasteiger partial charge < -0.3 is 10.1 Å². The minimum Gasteiger partial charge on any atom is -0.481 e. The molecule has 106 valence electrons. The number of hydrogen-bond acceptors (Lipinski definition) is 4. The Morgan fingerprint density at radius 1 is 1.21 bits per heavy atom. The van der Waals surface area contributed by atoms with Crippen molar-refractivity contribution in [2.75, 3.05) is 0 Å². The van der Waals surface area contributed by atoms with Crippen molar-refractivity contribution < 1.29 is 17.9 Å². The molecule has 5 nitrogen and oxygen atoms in total. The maximum Gasteiger partial charge on any atom is 0.261 e. The van der Waals surface area contributed by atoms with E-state index >= 15 is 0 Å². The zero-order valence-electron chi connectivity index (χ0n) is 10.9. The van der Waals surface area contributed by atoms with Crippen molar-refractivity contribution in [3.05, 3.63) is 24.3 Å². The average molecular weight is 306 g/mol. The topological polar surface area (TPSA) is 72.5 Å². The molecule has 0 saturated carbocycles. The molecule has 0 aliphatic rings. The molecule has 1 aromatic carbocycles. The highest BCUT2D eigenvalue weighted by molar-refractivity contribution is 8.13. The number of ether oxygens (including phenoxy) is 1. The normalized spacial score (nSPS) is 13.1. The third-order valence-corrected chi connectivity index (χ3v) is 3.59. The van der Waals surface area contributed by atoms with Crippen molar-refractivity contribution in [1.82, 2.24) is 5.32 Å². The lowest BCUT2D eigenvalue weighted by Gasteiger charge is -2.16.